The van der Waals surface area contributed by atoms with Crippen molar-refractivity contribution in [1.29, 1.82) is 0 Å². The average Bonchev–Trinajstić information content (AvgIpc) is 2.46. The molecule has 2 aromatic rings. The third-order valence-electron chi connectivity index (χ3n) is 3.18. The molecule has 0 aromatic heterocycles. The van der Waals surface area contributed by atoms with Gasteiger partial charge in [0.25, 0.3) is 0 Å². The van der Waals surface area contributed by atoms with E-state index in [1.54, 1.807) is 0 Å². The van der Waals surface area contributed by atoms with Gasteiger partial charge in [0, 0.05) is 25.2 Å². The van der Waals surface area contributed by atoms with Crippen LogP contribution in [0.5, 0.6) is 0 Å². The molecule has 0 aliphatic heterocycles. The minimum absolute atomic E-state index is 0.149. The first-order valence-electron chi connectivity index (χ1n) is 6.23. The summed E-state index contributed by atoms with van der Waals surface area (Å²) in [5.41, 5.74) is 2.36. The maximum Gasteiger partial charge on any atom is 0.0516 e. The minimum atomic E-state index is 0.149. The van der Waals surface area contributed by atoms with Gasteiger partial charge in [-0.15, -0.1) is 0 Å². The van der Waals surface area contributed by atoms with Crippen molar-refractivity contribution in [2.75, 3.05) is 25.1 Å². The highest BCUT2D eigenvalue weighted by atomic mass is 16.3. The second kappa shape index (κ2) is 6.22. The summed E-state index contributed by atoms with van der Waals surface area (Å²) in [5, 5.41) is 9.55. The molecular formula is C16H19NO. The number of para-hydroxylation sites is 1. The third-order valence-corrected chi connectivity index (χ3v) is 3.18. The first-order valence-corrected chi connectivity index (χ1v) is 6.23. The van der Waals surface area contributed by atoms with Crippen LogP contribution in [-0.2, 0) is 0 Å². The van der Waals surface area contributed by atoms with Crippen LogP contribution in [0, 0.1) is 0 Å². The van der Waals surface area contributed by atoms with E-state index in [0.717, 1.165) is 6.54 Å². The maximum atomic E-state index is 9.55. The topological polar surface area (TPSA) is 23.5 Å². The number of anilines is 1. The Hall–Kier alpha value is -1.80. The molecule has 2 rings (SSSR count). The van der Waals surface area contributed by atoms with Crippen LogP contribution in [-0.4, -0.2) is 25.3 Å². The van der Waals surface area contributed by atoms with E-state index in [1.165, 1.54) is 11.3 Å². The van der Waals surface area contributed by atoms with Crippen molar-refractivity contribution in [2.24, 2.45) is 0 Å². The number of benzene rings is 2. The lowest BCUT2D eigenvalue weighted by atomic mass is 9.99. The molecule has 0 saturated carbocycles. The summed E-state index contributed by atoms with van der Waals surface area (Å²) in [6.07, 6.45) is 0. The van der Waals surface area contributed by atoms with Crippen molar-refractivity contribution in [3.05, 3.63) is 66.2 Å². The summed E-state index contributed by atoms with van der Waals surface area (Å²) in [5.74, 6) is 0.149. The van der Waals surface area contributed by atoms with Crippen molar-refractivity contribution in [1.82, 2.24) is 0 Å². The Kier molecular flexibility index (Phi) is 4.37. The van der Waals surface area contributed by atoms with Gasteiger partial charge in [-0.25, -0.2) is 0 Å². The summed E-state index contributed by atoms with van der Waals surface area (Å²) < 4.78 is 0. The van der Waals surface area contributed by atoms with Gasteiger partial charge in [-0.1, -0.05) is 48.5 Å². The van der Waals surface area contributed by atoms with Crippen LogP contribution in [0.1, 0.15) is 11.5 Å². The number of hydrogen-bond acceptors (Lipinski definition) is 2. The number of nitrogens with zero attached hydrogens (tertiary/aromatic N) is 1. The molecule has 94 valence electrons. The summed E-state index contributed by atoms with van der Waals surface area (Å²) in [6, 6.07) is 20.4. The van der Waals surface area contributed by atoms with Gasteiger partial charge in [0.15, 0.2) is 0 Å². The normalized spacial score (nSPS) is 12.1. The quantitative estimate of drug-likeness (QED) is 0.870. The Balaban J connectivity index is 2.07. The first-order chi connectivity index (χ1) is 8.81. The van der Waals surface area contributed by atoms with Gasteiger partial charge >= 0.3 is 0 Å². The van der Waals surface area contributed by atoms with Gasteiger partial charge in [0.2, 0.25) is 0 Å². The first kappa shape index (κ1) is 12.7. The molecular weight excluding hydrogens is 222 g/mol. The molecule has 2 nitrogen and oxygen atoms in total. The largest absolute Gasteiger partial charge is 0.396 e. The molecule has 0 bridgehead atoms. The van der Waals surface area contributed by atoms with Gasteiger partial charge in [-0.2, -0.15) is 0 Å². The summed E-state index contributed by atoms with van der Waals surface area (Å²) >= 11 is 0. The zero-order chi connectivity index (χ0) is 12.8. The smallest absolute Gasteiger partial charge is 0.0516 e. The van der Waals surface area contributed by atoms with Crippen LogP contribution in [0.25, 0.3) is 0 Å². The maximum absolute atomic E-state index is 9.55. The summed E-state index contributed by atoms with van der Waals surface area (Å²) in [6.45, 7) is 0.978. The molecule has 0 spiro atoms. The zero-order valence-corrected chi connectivity index (χ0v) is 10.7. The number of hydrogen-bond donors (Lipinski definition) is 1. The van der Waals surface area contributed by atoms with E-state index < -0.39 is 0 Å². The van der Waals surface area contributed by atoms with Gasteiger partial charge in [-0.3, -0.25) is 0 Å². The van der Waals surface area contributed by atoms with Crippen LogP contribution in [0.2, 0.25) is 0 Å². The standard InChI is InChI=1S/C16H19NO/c1-17(16-10-6-3-7-11-16)12-15(13-18)14-8-4-2-5-9-14/h2-11,15,18H,12-13H2,1H3. The lowest BCUT2D eigenvalue weighted by molar-refractivity contribution is 0.267. The Labute approximate surface area is 109 Å². The summed E-state index contributed by atoms with van der Waals surface area (Å²) in [7, 11) is 2.06. The van der Waals surface area contributed by atoms with E-state index in [1.807, 2.05) is 36.4 Å². The molecule has 0 radical (unpaired) electrons. The molecule has 2 heteroatoms. The molecule has 1 unspecified atom stereocenters. The molecule has 0 fully saturated rings. The predicted octanol–water partition coefficient (Wildman–Crippen LogP) is 2.90. The monoisotopic (exact) mass is 241 g/mol. The highest BCUT2D eigenvalue weighted by Crippen LogP contribution is 2.19. The second-order valence-corrected chi connectivity index (χ2v) is 4.51. The Morgan fingerprint density at radius 2 is 1.50 bits per heavy atom. The fourth-order valence-corrected chi connectivity index (χ4v) is 2.11. The number of rotatable bonds is 5. The Morgan fingerprint density at radius 3 is 2.06 bits per heavy atom. The highest BCUT2D eigenvalue weighted by molar-refractivity contribution is 5.45. The fraction of sp³-hybridized carbons (Fsp3) is 0.250. The van der Waals surface area contributed by atoms with Crippen molar-refractivity contribution in [3.63, 3.8) is 0 Å². The zero-order valence-electron chi connectivity index (χ0n) is 10.7. The molecule has 1 N–H and O–H groups in total. The Bertz CT molecular complexity index is 455. The van der Waals surface area contributed by atoms with E-state index in [9.17, 15) is 5.11 Å². The highest BCUT2D eigenvalue weighted by Gasteiger charge is 2.13. The molecule has 0 aliphatic rings. The SMILES string of the molecule is CN(CC(CO)c1ccccc1)c1ccccc1. The fourth-order valence-electron chi connectivity index (χ4n) is 2.11. The molecule has 0 amide bonds. The molecule has 0 heterocycles. The van der Waals surface area contributed by atoms with Gasteiger partial charge in [-0.05, 0) is 17.7 Å². The summed E-state index contributed by atoms with van der Waals surface area (Å²) in [4.78, 5) is 2.17. The van der Waals surface area contributed by atoms with Gasteiger partial charge in [0.1, 0.15) is 0 Å². The van der Waals surface area contributed by atoms with E-state index in [0.29, 0.717) is 0 Å². The number of aliphatic hydroxyl groups is 1. The van der Waals surface area contributed by atoms with Crippen LogP contribution in [0.4, 0.5) is 5.69 Å². The second-order valence-electron chi connectivity index (χ2n) is 4.51. The van der Waals surface area contributed by atoms with Crippen LogP contribution in [0.3, 0.4) is 0 Å². The van der Waals surface area contributed by atoms with Crippen molar-refractivity contribution in [3.8, 4) is 0 Å². The van der Waals surface area contributed by atoms with Crippen LogP contribution in [0.15, 0.2) is 60.7 Å². The number of aliphatic hydroxyl groups excluding tert-OH is 1. The number of likely N-dealkylation sites (N-methyl/N-ethyl adjacent to an activating group) is 1. The van der Waals surface area contributed by atoms with Gasteiger partial charge in [0.05, 0.1) is 6.61 Å². The van der Waals surface area contributed by atoms with E-state index in [4.69, 9.17) is 0 Å². The molecule has 2 aromatic carbocycles. The minimum Gasteiger partial charge on any atom is -0.396 e. The Morgan fingerprint density at radius 1 is 0.944 bits per heavy atom. The lowest BCUT2D eigenvalue weighted by Crippen LogP contribution is -2.26. The third kappa shape index (κ3) is 3.11. The van der Waals surface area contributed by atoms with E-state index >= 15 is 0 Å². The predicted molar refractivity (Wildman–Crippen MR) is 76.0 cm³/mol. The molecule has 1 atom stereocenters. The lowest BCUT2D eigenvalue weighted by Gasteiger charge is -2.25. The molecule has 18 heavy (non-hydrogen) atoms. The molecule has 0 saturated heterocycles. The van der Waals surface area contributed by atoms with Gasteiger partial charge < -0.3 is 10.0 Å². The van der Waals surface area contributed by atoms with Crippen molar-refractivity contribution < 1.29 is 5.11 Å². The average molecular weight is 241 g/mol. The molecule has 0 aliphatic carbocycles. The van der Waals surface area contributed by atoms with E-state index in [-0.39, 0.29) is 12.5 Å². The van der Waals surface area contributed by atoms with E-state index in [2.05, 4.69) is 36.2 Å². The van der Waals surface area contributed by atoms with Crippen LogP contribution < -0.4 is 4.90 Å². The van der Waals surface area contributed by atoms with Crippen molar-refractivity contribution >= 4 is 5.69 Å². The van der Waals surface area contributed by atoms with Crippen LogP contribution >= 0.6 is 0 Å². The van der Waals surface area contributed by atoms with Crippen molar-refractivity contribution in [2.45, 2.75) is 5.92 Å².